The quantitative estimate of drug-likeness (QED) is 0.428. The molecule has 0 radical (unpaired) electrons. The Morgan fingerprint density at radius 3 is 2.00 bits per heavy atom. The number of hydrogen-bond donors (Lipinski definition) is 0. The zero-order valence-corrected chi connectivity index (χ0v) is 7.45. The van der Waals surface area contributed by atoms with Crippen molar-refractivity contribution < 1.29 is 40.3 Å². The van der Waals surface area contributed by atoms with Crippen LogP contribution in [0, 0.1) is 0 Å². The van der Waals surface area contributed by atoms with Crippen LogP contribution < -0.4 is 0 Å². The van der Waals surface area contributed by atoms with E-state index in [9.17, 15) is 35.5 Å². The van der Waals surface area contributed by atoms with Crippen molar-refractivity contribution in [1.29, 1.82) is 0 Å². The van der Waals surface area contributed by atoms with Gasteiger partial charge in [0.05, 0.1) is 0 Å². The van der Waals surface area contributed by atoms with Gasteiger partial charge in [0.25, 0.3) is 0 Å². The monoisotopic (exact) mass is 254 g/mol. The first-order chi connectivity index (χ1) is 7.02. The highest BCUT2D eigenvalue weighted by molar-refractivity contribution is 5.85. The Balaban J connectivity index is 4.58. The van der Waals surface area contributed by atoms with Crippen molar-refractivity contribution in [1.82, 2.24) is 0 Å². The third-order valence-electron chi connectivity index (χ3n) is 1.37. The van der Waals surface area contributed by atoms with Crippen LogP contribution in [0.3, 0.4) is 0 Å². The molecule has 0 spiro atoms. The number of esters is 1. The van der Waals surface area contributed by atoms with E-state index in [1.807, 2.05) is 0 Å². The van der Waals surface area contributed by atoms with E-state index < -0.39 is 36.7 Å². The van der Waals surface area contributed by atoms with Crippen molar-refractivity contribution in [3.8, 4) is 0 Å². The Morgan fingerprint density at radius 2 is 1.69 bits per heavy atom. The molecule has 0 heterocycles. The van der Waals surface area contributed by atoms with Crippen molar-refractivity contribution in [3.05, 3.63) is 12.4 Å². The number of halogens is 7. The Labute approximate surface area is 84.7 Å². The molecule has 0 rings (SSSR count). The molecule has 0 saturated heterocycles. The van der Waals surface area contributed by atoms with Gasteiger partial charge in [-0.25, -0.2) is 13.6 Å². The van der Waals surface area contributed by atoms with Gasteiger partial charge in [-0.3, -0.25) is 0 Å². The van der Waals surface area contributed by atoms with E-state index in [0.717, 1.165) is 0 Å². The first kappa shape index (κ1) is 14.7. The lowest BCUT2D eigenvalue weighted by Gasteiger charge is -2.24. The first-order valence-electron chi connectivity index (χ1n) is 3.57. The van der Waals surface area contributed by atoms with Crippen LogP contribution in [0.25, 0.3) is 0 Å². The minimum Gasteiger partial charge on any atom is -0.454 e. The predicted octanol–water partition coefficient (Wildman–Crippen LogP) is 2.55. The Bertz CT molecular complexity index is 286. The smallest absolute Gasteiger partial charge is 0.372 e. The fourth-order valence-electron chi connectivity index (χ4n) is 0.490. The maximum absolute atomic E-state index is 12.4. The topological polar surface area (TPSA) is 26.3 Å². The average Bonchev–Trinajstić information content (AvgIpc) is 2.13. The number of ether oxygens (including phenoxy) is 1. The van der Waals surface area contributed by atoms with Crippen molar-refractivity contribution in [2.75, 3.05) is 6.61 Å². The molecule has 0 aromatic heterocycles. The third kappa shape index (κ3) is 3.11. The molecule has 0 aliphatic carbocycles. The lowest BCUT2D eigenvalue weighted by atomic mass is 10.2. The van der Waals surface area contributed by atoms with Crippen molar-refractivity contribution in [3.63, 3.8) is 0 Å². The van der Waals surface area contributed by atoms with Crippen LogP contribution in [0.5, 0.6) is 0 Å². The van der Waals surface area contributed by atoms with E-state index in [0.29, 0.717) is 0 Å². The molecule has 0 aromatic carbocycles. The normalized spacial score (nSPS) is 12.8. The SMILES string of the molecule is C=C(F)C(=O)OCC(F)(F)C(F)(F)C(F)F. The number of carbonyl (C=O) groups excluding carboxylic acids is 1. The van der Waals surface area contributed by atoms with E-state index in [4.69, 9.17) is 0 Å². The molecule has 0 N–H and O–H groups in total. The molecule has 94 valence electrons. The van der Waals surface area contributed by atoms with E-state index in [1.54, 1.807) is 0 Å². The van der Waals surface area contributed by atoms with Gasteiger partial charge in [-0.1, -0.05) is 6.58 Å². The minimum atomic E-state index is -5.68. The molecular weight excluding hydrogens is 249 g/mol. The molecule has 9 heteroatoms. The summed E-state index contributed by atoms with van der Waals surface area (Å²) in [6.45, 7) is -0.0377. The molecule has 0 aliphatic heterocycles. The van der Waals surface area contributed by atoms with Crippen LogP contribution in [-0.2, 0) is 9.53 Å². The van der Waals surface area contributed by atoms with Crippen LogP contribution in [0.4, 0.5) is 30.7 Å². The second-order valence-corrected chi connectivity index (χ2v) is 2.61. The summed E-state index contributed by atoms with van der Waals surface area (Å²) in [5.74, 6) is -14.8. The first-order valence-corrected chi connectivity index (χ1v) is 3.57. The van der Waals surface area contributed by atoms with Gasteiger partial charge in [-0.15, -0.1) is 0 Å². The largest absolute Gasteiger partial charge is 0.454 e. The van der Waals surface area contributed by atoms with E-state index >= 15 is 0 Å². The number of hydrogen-bond acceptors (Lipinski definition) is 2. The Morgan fingerprint density at radius 1 is 1.25 bits per heavy atom. The second-order valence-electron chi connectivity index (χ2n) is 2.61. The molecule has 16 heavy (non-hydrogen) atoms. The van der Waals surface area contributed by atoms with Crippen molar-refractivity contribution in [2.45, 2.75) is 18.3 Å². The summed E-state index contributed by atoms with van der Waals surface area (Å²) >= 11 is 0. The van der Waals surface area contributed by atoms with Gasteiger partial charge in [0, 0.05) is 0 Å². The van der Waals surface area contributed by atoms with Gasteiger partial charge in [-0.05, 0) is 0 Å². The van der Waals surface area contributed by atoms with Crippen molar-refractivity contribution >= 4 is 5.97 Å². The van der Waals surface area contributed by atoms with Crippen LogP contribution in [-0.4, -0.2) is 30.8 Å². The van der Waals surface area contributed by atoms with Gasteiger partial charge in [0.15, 0.2) is 6.61 Å². The standard InChI is InChI=1S/C7H5F7O2/c1-3(8)4(15)16-2-6(11,12)7(13,14)5(9)10/h5H,1-2H2. The number of alkyl halides is 6. The molecule has 0 unspecified atom stereocenters. The summed E-state index contributed by atoms with van der Waals surface area (Å²) < 4.78 is 87.4. The van der Waals surface area contributed by atoms with E-state index in [1.165, 1.54) is 0 Å². The Kier molecular flexibility index (Phi) is 4.33. The highest BCUT2D eigenvalue weighted by Crippen LogP contribution is 2.39. The van der Waals surface area contributed by atoms with Gasteiger partial charge in [0.2, 0.25) is 5.83 Å². The zero-order valence-electron chi connectivity index (χ0n) is 7.45. The molecule has 0 aliphatic rings. The highest BCUT2D eigenvalue weighted by atomic mass is 19.3. The summed E-state index contributed by atoms with van der Waals surface area (Å²) in [6.07, 6.45) is -4.64. The summed E-state index contributed by atoms with van der Waals surface area (Å²) in [4.78, 5) is 10.2. The Hall–Kier alpha value is -1.28. The maximum atomic E-state index is 12.4. The molecule has 2 nitrogen and oxygen atoms in total. The molecule has 0 aromatic rings. The lowest BCUT2D eigenvalue weighted by molar-refractivity contribution is -0.276. The van der Waals surface area contributed by atoms with Gasteiger partial charge in [-0.2, -0.15) is 22.0 Å². The van der Waals surface area contributed by atoms with E-state index in [-0.39, 0.29) is 0 Å². The molecule has 0 fully saturated rings. The number of carbonyl (C=O) groups is 1. The fourth-order valence-corrected chi connectivity index (χ4v) is 0.490. The summed E-state index contributed by atoms with van der Waals surface area (Å²) in [5.41, 5.74) is 0. The van der Waals surface area contributed by atoms with Gasteiger partial charge >= 0.3 is 24.2 Å². The molecule has 0 amide bonds. The maximum Gasteiger partial charge on any atom is 0.372 e. The van der Waals surface area contributed by atoms with Crippen LogP contribution >= 0.6 is 0 Å². The summed E-state index contributed by atoms with van der Waals surface area (Å²) in [7, 11) is 0. The predicted molar refractivity (Wildman–Crippen MR) is 37.1 cm³/mol. The minimum absolute atomic E-state index is 1.81. The lowest BCUT2D eigenvalue weighted by Crippen LogP contribution is -2.49. The fraction of sp³-hybridized carbons (Fsp3) is 0.571. The van der Waals surface area contributed by atoms with E-state index in [2.05, 4.69) is 11.3 Å². The van der Waals surface area contributed by atoms with Crippen molar-refractivity contribution in [2.24, 2.45) is 0 Å². The third-order valence-corrected chi connectivity index (χ3v) is 1.37. The highest BCUT2D eigenvalue weighted by Gasteiger charge is 2.63. The molecule has 0 atom stereocenters. The van der Waals surface area contributed by atoms with Crippen LogP contribution in [0.15, 0.2) is 12.4 Å². The molecule has 0 bridgehead atoms. The molecular formula is C7H5F7O2. The van der Waals surface area contributed by atoms with Crippen LogP contribution in [0.2, 0.25) is 0 Å². The second kappa shape index (κ2) is 4.71. The van der Waals surface area contributed by atoms with Gasteiger partial charge < -0.3 is 4.74 Å². The molecule has 0 saturated carbocycles. The zero-order chi connectivity index (χ0) is 13.1. The summed E-state index contributed by atoms with van der Waals surface area (Å²) in [6, 6.07) is 0. The number of rotatable bonds is 5. The summed E-state index contributed by atoms with van der Waals surface area (Å²) in [5, 5.41) is 0. The average molecular weight is 254 g/mol. The van der Waals surface area contributed by atoms with Gasteiger partial charge in [0.1, 0.15) is 0 Å². The van der Waals surface area contributed by atoms with Crippen LogP contribution in [0.1, 0.15) is 0 Å².